The van der Waals surface area contributed by atoms with Gasteiger partial charge >= 0.3 is 0 Å². The van der Waals surface area contributed by atoms with Crippen LogP contribution in [0.25, 0.3) is 0 Å². The van der Waals surface area contributed by atoms with Gasteiger partial charge in [-0.15, -0.1) is 0 Å². The van der Waals surface area contributed by atoms with E-state index in [0.29, 0.717) is 36.6 Å². The van der Waals surface area contributed by atoms with Gasteiger partial charge in [-0.1, -0.05) is 5.16 Å². The zero-order chi connectivity index (χ0) is 15.4. The van der Waals surface area contributed by atoms with Crippen LogP contribution in [0.15, 0.2) is 28.8 Å². The molecule has 2 heterocycles. The third kappa shape index (κ3) is 3.61. The average molecular weight is 307 g/mol. The molecule has 0 unspecified atom stereocenters. The molecule has 1 aliphatic heterocycles. The number of aromatic nitrogens is 2. The maximum absolute atomic E-state index is 12.8. The minimum absolute atomic E-state index is 0.148. The molecule has 7 heteroatoms. The van der Waals surface area contributed by atoms with Crippen LogP contribution in [0.4, 0.5) is 4.39 Å². The Morgan fingerprint density at radius 1 is 1.27 bits per heavy atom. The Kier molecular flexibility index (Phi) is 4.65. The molecule has 6 nitrogen and oxygen atoms in total. The Morgan fingerprint density at radius 2 is 2.00 bits per heavy atom. The van der Waals surface area contributed by atoms with Crippen LogP contribution >= 0.6 is 0 Å². The number of hydrogen-bond acceptors (Lipinski definition) is 6. The molecule has 0 aliphatic carbocycles. The first-order valence-corrected chi connectivity index (χ1v) is 7.26. The summed E-state index contributed by atoms with van der Waals surface area (Å²) >= 11 is 0. The maximum atomic E-state index is 12.8. The zero-order valence-electron chi connectivity index (χ0n) is 12.1. The molecule has 118 valence electrons. The Hall–Kier alpha value is -1.99. The summed E-state index contributed by atoms with van der Waals surface area (Å²) in [7, 11) is 0. The lowest BCUT2D eigenvalue weighted by Gasteiger charge is -2.25. The van der Waals surface area contributed by atoms with Gasteiger partial charge in [-0.05, 0) is 43.0 Å². The lowest BCUT2D eigenvalue weighted by Crippen LogP contribution is -2.27. The van der Waals surface area contributed by atoms with Gasteiger partial charge in [-0.25, -0.2) is 4.39 Å². The van der Waals surface area contributed by atoms with E-state index in [-0.39, 0.29) is 18.5 Å². The molecular formula is C15H18FN3O3. The highest BCUT2D eigenvalue weighted by molar-refractivity contribution is 5.22. The number of halogens is 1. The van der Waals surface area contributed by atoms with E-state index in [4.69, 9.17) is 19.7 Å². The number of hydrogen-bond donors (Lipinski definition) is 1. The van der Waals surface area contributed by atoms with E-state index in [2.05, 4.69) is 10.1 Å². The van der Waals surface area contributed by atoms with Crippen molar-refractivity contribution in [3.05, 3.63) is 41.8 Å². The fourth-order valence-electron chi connectivity index (χ4n) is 2.42. The molecule has 1 atom stereocenters. The molecule has 1 aliphatic rings. The highest BCUT2D eigenvalue weighted by atomic mass is 19.1. The fraction of sp³-hybridized carbons (Fsp3) is 0.467. The van der Waals surface area contributed by atoms with Crippen molar-refractivity contribution >= 4 is 0 Å². The summed E-state index contributed by atoms with van der Waals surface area (Å²) in [6, 6.07) is 5.47. The van der Waals surface area contributed by atoms with Crippen LogP contribution in [0.3, 0.4) is 0 Å². The van der Waals surface area contributed by atoms with Crippen molar-refractivity contribution in [2.45, 2.75) is 25.5 Å². The summed E-state index contributed by atoms with van der Waals surface area (Å²) in [4.78, 5) is 4.28. The van der Waals surface area contributed by atoms with E-state index in [1.54, 1.807) is 12.1 Å². The van der Waals surface area contributed by atoms with Gasteiger partial charge in [0.1, 0.15) is 11.6 Å². The third-order valence-corrected chi connectivity index (χ3v) is 3.72. The zero-order valence-corrected chi connectivity index (χ0v) is 12.1. The second kappa shape index (κ2) is 6.85. The van der Waals surface area contributed by atoms with Crippen molar-refractivity contribution in [1.29, 1.82) is 0 Å². The summed E-state index contributed by atoms with van der Waals surface area (Å²) < 4.78 is 28.8. The third-order valence-electron chi connectivity index (χ3n) is 3.72. The van der Waals surface area contributed by atoms with Gasteiger partial charge < -0.3 is 19.7 Å². The van der Waals surface area contributed by atoms with E-state index in [0.717, 1.165) is 12.8 Å². The van der Waals surface area contributed by atoms with Crippen molar-refractivity contribution in [3.63, 3.8) is 0 Å². The van der Waals surface area contributed by atoms with E-state index >= 15 is 0 Å². The molecule has 1 saturated heterocycles. The lowest BCUT2D eigenvalue weighted by atomic mass is 9.92. The van der Waals surface area contributed by atoms with Crippen molar-refractivity contribution in [1.82, 2.24) is 10.1 Å². The van der Waals surface area contributed by atoms with E-state index in [9.17, 15) is 4.39 Å². The molecule has 2 N–H and O–H groups in total. The first kappa shape index (κ1) is 14.9. The molecular weight excluding hydrogens is 289 g/mol. The Labute approximate surface area is 127 Å². The number of benzene rings is 1. The topological polar surface area (TPSA) is 83.4 Å². The first-order valence-electron chi connectivity index (χ1n) is 7.26. The van der Waals surface area contributed by atoms with Crippen LogP contribution in [0.5, 0.6) is 5.75 Å². The number of nitrogens with two attached hydrogens (primary N) is 1. The predicted octanol–water partition coefficient (Wildman–Crippen LogP) is 2.21. The van der Waals surface area contributed by atoms with Gasteiger partial charge in [0.25, 0.3) is 0 Å². The van der Waals surface area contributed by atoms with Gasteiger partial charge in [0.2, 0.25) is 11.7 Å². The van der Waals surface area contributed by atoms with Crippen LogP contribution in [-0.4, -0.2) is 23.4 Å². The summed E-state index contributed by atoms with van der Waals surface area (Å²) in [6.45, 7) is 1.58. The Balaban J connectivity index is 1.57. The molecule has 3 rings (SSSR count). The minimum Gasteiger partial charge on any atom is -0.485 e. The van der Waals surface area contributed by atoms with Crippen LogP contribution in [0.2, 0.25) is 0 Å². The average Bonchev–Trinajstić information content (AvgIpc) is 3.03. The highest BCUT2D eigenvalue weighted by Gasteiger charge is 2.26. The van der Waals surface area contributed by atoms with Crippen molar-refractivity contribution in [2.75, 3.05) is 13.2 Å². The van der Waals surface area contributed by atoms with Crippen LogP contribution in [0, 0.1) is 11.7 Å². The van der Waals surface area contributed by atoms with Gasteiger partial charge in [0.05, 0.1) is 6.04 Å². The van der Waals surface area contributed by atoms with Crippen LogP contribution < -0.4 is 10.5 Å². The minimum atomic E-state index is -0.309. The summed E-state index contributed by atoms with van der Waals surface area (Å²) in [5.74, 6) is 1.37. The highest BCUT2D eigenvalue weighted by Crippen LogP contribution is 2.27. The van der Waals surface area contributed by atoms with Gasteiger partial charge in [0, 0.05) is 13.2 Å². The van der Waals surface area contributed by atoms with Crippen molar-refractivity contribution in [3.8, 4) is 5.75 Å². The number of nitrogens with zero attached hydrogens (tertiary/aromatic N) is 2. The molecule has 0 radical (unpaired) electrons. The summed E-state index contributed by atoms with van der Waals surface area (Å²) in [6.07, 6.45) is 1.79. The molecule has 1 fully saturated rings. The second-order valence-corrected chi connectivity index (χ2v) is 5.27. The molecule has 0 amide bonds. The molecule has 1 aromatic heterocycles. The molecule has 0 spiro atoms. The summed E-state index contributed by atoms with van der Waals surface area (Å²) in [5, 5.41) is 3.87. The lowest BCUT2D eigenvalue weighted by molar-refractivity contribution is 0.0546. The van der Waals surface area contributed by atoms with Crippen molar-refractivity contribution in [2.24, 2.45) is 11.7 Å². The monoisotopic (exact) mass is 307 g/mol. The quantitative estimate of drug-likeness (QED) is 0.912. The SMILES string of the molecule is N[C@@H](c1nc(COc2ccc(F)cc2)no1)C1CCOCC1. The smallest absolute Gasteiger partial charge is 0.243 e. The Bertz CT molecular complexity index is 596. The molecule has 0 saturated carbocycles. The van der Waals surface area contributed by atoms with Gasteiger partial charge in [-0.3, -0.25) is 0 Å². The normalized spacial score (nSPS) is 17.4. The molecule has 2 aromatic rings. The Morgan fingerprint density at radius 3 is 2.73 bits per heavy atom. The van der Waals surface area contributed by atoms with Crippen molar-refractivity contribution < 1.29 is 18.4 Å². The van der Waals surface area contributed by atoms with Crippen LogP contribution in [-0.2, 0) is 11.3 Å². The molecule has 0 bridgehead atoms. The van der Waals surface area contributed by atoms with E-state index < -0.39 is 0 Å². The first-order chi connectivity index (χ1) is 10.7. The predicted molar refractivity (Wildman–Crippen MR) is 75.5 cm³/mol. The fourth-order valence-corrected chi connectivity index (χ4v) is 2.42. The molecule has 22 heavy (non-hydrogen) atoms. The standard InChI is InChI=1S/C15H18FN3O3/c16-11-1-3-12(4-2-11)21-9-13-18-15(22-19-13)14(17)10-5-7-20-8-6-10/h1-4,10,14H,5-9,17H2/t14-/m1/s1. The summed E-state index contributed by atoms with van der Waals surface area (Å²) in [5.41, 5.74) is 6.17. The van der Waals surface area contributed by atoms with E-state index in [1.165, 1.54) is 12.1 Å². The van der Waals surface area contributed by atoms with Gasteiger partial charge in [0.15, 0.2) is 6.61 Å². The number of ether oxygens (including phenoxy) is 2. The largest absolute Gasteiger partial charge is 0.485 e. The van der Waals surface area contributed by atoms with Gasteiger partial charge in [-0.2, -0.15) is 4.98 Å². The second-order valence-electron chi connectivity index (χ2n) is 5.27. The van der Waals surface area contributed by atoms with E-state index in [1.807, 2.05) is 0 Å². The number of rotatable bonds is 5. The van der Waals surface area contributed by atoms with Crippen LogP contribution in [0.1, 0.15) is 30.6 Å². The molecule has 1 aromatic carbocycles. The maximum Gasteiger partial charge on any atom is 0.243 e.